The normalized spacial score (nSPS) is 17.1. The number of aromatic hydroxyl groups is 1. The van der Waals surface area contributed by atoms with E-state index in [-0.39, 0.29) is 17.5 Å². The molecule has 0 bridgehead atoms. The minimum absolute atomic E-state index is 0.213. The third-order valence-corrected chi connectivity index (χ3v) is 2.53. The number of hydrogen-bond donors (Lipinski definition) is 2. The van der Waals surface area contributed by atoms with Gasteiger partial charge in [0.05, 0.1) is 0 Å². The van der Waals surface area contributed by atoms with Gasteiger partial charge in [-0.25, -0.2) is 4.39 Å². The molecule has 0 atom stereocenters. The molecule has 70 valence electrons. The van der Waals surface area contributed by atoms with Crippen LogP contribution in [0, 0.1) is 12.7 Å². The van der Waals surface area contributed by atoms with Crippen molar-refractivity contribution in [3.05, 3.63) is 29.1 Å². The molecule has 3 heteroatoms. The van der Waals surface area contributed by atoms with Gasteiger partial charge in [0.25, 0.3) is 0 Å². The van der Waals surface area contributed by atoms with Gasteiger partial charge in [-0.3, -0.25) is 0 Å². The van der Waals surface area contributed by atoms with E-state index in [0.29, 0.717) is 5.56 Å². The van der Waals surface area contributed by atoms with Crippen LogP contribution in [0.3, 0.4) is 0 Å². The number of nitrogens with one attached hydrogen (secondary N) is 1. The summed E-state index contributed by atoms with van der Waals surface area (Å²) in [5.74, 6) is 0.250. The molecule has 0 amide bonds. The molecule has 2 nitrogen and oxygen atoms in total. The maximum absolute atomic E-state index is 13.1. The lowest BCUT2D eigenvalue weighted by atomic mass is 9.92. The maximum atomic E-state index is 13.1. The van der Waals surface area contributed by atoms with Gasteiger partial charge in [0.2, 0.25) is 0 Å². The van der Waals surface area contributed by atoms with Gasteiger partial charge in [-0.15, -0.1) is 0 Å². The second-order valence-electron chi connectivity index (χ2n) is 3.52. The zero-order chi connectivity index (χ0) is 9.42. The Balaban J connectivity index is 2.39. The average Bonchev–Trinajstić information content (AvgIpc) is 1.96. The number of hydrogen-bond acceptors (Lipinski definition) is 2. The molecule has 0 radical (unpaired) electrons. The Morgan fingerprint density at radius 1 is 1.46 bits per heavy atom. The summed E-state index contributed by atoms with van der Waals surface area (Å²) in [5.41, 5.74) is 1.22. The molecule has 13 heavy (non-hydrogen) atoms. The Bertz CT molecular complexity index is 334. The molecule has 1 aromatic rings. The van der Waals surface area contributed by atoms with Crippen LogP contribution in [0.15, 0.2) is 12.1 Å². The second-order valence-corrected chi connectivity index (χ2v) is 3.52. The van der Waals surface area contributed by atoms with E-state index in [1.807, 2.05) is 0 Å². The van der Waals surface area contributed by atoms with Crippen LogP contribution in [-0.4, -0.2) is 18.2 Å². The third-order valence-electron chi connectivity index (χ3n) is 2.53. The highest BCUT2D eigenvalue weighted by Crippen LogP contribution is 2.30. The van der Waals surface area contributed by atoms with Gasteiger partial charge in [0, 0.05) is 24.6 Å². The maximum Gasteiger partial charge on any atom is 0.126 e. The molecule has 1 saturated heterocycles. The van der Waals surface area contributed by atoms with Crippen molar-refractivity contribution >= 4 is 0 Å². The number of phenols is 1. The fourth-order valence-corrected chi connectivity index (χ4v) is 1.52. The largest absolute Gasteiger partial charge is 0.508 e. The fourth-order valence-electron chi connectivity index (χ4n) is 1.52. The van der Waals surface area contributed by atoms with Crippen molar-refractivity contribution in [1.82, 2.24) is 5.32 Å². The molecule has 0 saturated carbocycles. The molecule has 2 N–H and O–H groups in total. The quantitative estimate of drug-likeness (QED) is 0.688. The van der Waals surface area contributed by atoms with Gasteiger partial charge in [0.15, 0.2) is 0 Å². The van der Waals surface area contributed by atoms with Crippen LogP contribution in [0.5, 0.6) is 5.75 Å². The van der Waals surface area contributed by atoms with E-state index in [9.17, 15) is 9.50 Å². The molecule has 1 aliphatic heterocycles. The third kappa shape index (κ3) is 1.40. The molecule has 1 aliphatic rings. The predicted octanol–water partition coefficient (Wildman–Crippen LogP) is 1.53. The minimum Gasteiger partial charge on any atom is -0.508 e. The highest BCUT2D eigenvalue weighted by atomic mass is 19.1. The first-order chi connectivity index (χ1) is 6.18. The predicted molar refractivity (Wildman–Crippen MR) is 48.4 cm³/mol. The first-order valence-corrected chi connectivity index (χ1v) is 4.38. The van der Waals surface area contributed by atoms with Crippen LogP contribution in [0.25, 0.3) is 0 Å². The molecular formula is C10H12FNO. The Morgan fingerprint density at radius 2 is 2.15 bits per heavy atom. The summed E-state index contributed by atoms with van der Waals surface area (Å²) in [4.78, 5) is 0. The lowest BCUT2D eigenvalue weighted by Crippen LogP contribution is -2.39. The summed E-state index contributed by atoms with van der Waals surface area (Å²) in [6.07, 6.45) is 0. The molecule has 0 spiro atoms. The number of rotatable bonds is 1. The SMILES string of the molecule is Cc1cc(O)c(C2CNC2)cc1F. The Labute approximate surface area is 76.4 Å². The van der Waals surface area contributed by atoms with Crippen LogP contribution in [0.4, 0.5) is 4.39 Å². The first-order valence-electron chi connectivity index (χ1n) is 4.38. The van der Waals surface area contributed by atoms with Crippen LogP contribution in [-0.2, 0) is 0 Å². The van der Waals surface area contributed by atoms with Crippen molar-refractivity contribution in [1.29, 1.82) is 0 Å². The van der Waals surface area contributed by atoms with Crippen molar-refractivity contribution in [2.24, 2.45) is 0 Å². The highest BCUT2D eigenvalue weighted by molar-refractivity contribution is 5.40. The molecular weight excluding hydrogens is 169 g/mol. The molecule has 0 aliphatic carbocycles. The first kappa shape index (κ1) is 8.51. The summed E-state index contributed by atoms with van der Waals surface area (Å²) < 4.78 is 13.1. The van der Waals surface area contributed by atoms with Crippen molar-refractivity contribution in [3.8, 4) is 5.75 Å². The topological polar surface area (TPSA) is 32.3 Å². The van der Waals surface area contributed by atoms with Gasteiger partial charge < -0.3 is 10.4 Å². The lowest BCUT2D eigenvalue weighted by Gasteiger charge is -2.28. The molecule has 1 aromatic carbocycles. The van der Waals surface area contributed by atoms with E-state index in [1.54, 1.807) is 6.92 Å². The zero-order valence-corrected chi connectivity index (χ0v) is 7.47. The number of benzene rings is 1. The van der Waals surface area contributed by atoms with Gasteiger partial charge in [0.1, 0.15) is 11.6 Å². The molecule has 1 fully saturated rings. The van der Waals surface area contributed by atoms with Crippen LogP contribution >= 0.6 is 0 Å². The summed E-state index contributed by atoms with van der Waals surface area (Å²) in [7, 11) is 0. The van der Waals surface area contributed by atoms with Crippen LogP contribution in [0.2, 0.25) is 0 Å². The van der Waals surface area contributed by atoms with Crippen LogP contribution < -0.4 is 5.32 Å². The average molecular weight is 181 g/mol. The van der Waals surface area contributed by atoms with Crippen molar-refractivity contribution in [2.45, 2.75) is 12.8 Å². The number of phenolic OH excluding ortho intramolecular Hbond substituents is 1. The smallest absolute Gasteiger partial charge is 0.126 e. The number of aryl methyl sites for hydroxylation is 1. The molecule has 0 unspecified atom stereocenters. The van der Waals surface area contributed by atoms with Gasteiger partial charge in [-0.1, -0.05) is 0 Å². The van der Waals surface area contributed by atoms with Gasteiger partial charge in [-0.2, -0.15) is 0 Å². The summed E-state index contributed by atoms with van der Waals surface area (Å²) in [6, 6.07) is 2.93. The van der Waals surface area contributed by atoms with E-state index in [4.69, 9.17) is 0 Å². The molecule has 0 aromatic heterocycles. The van der Waals surface area contributed by atoms with Gasteiger partial charge in [-0.05, 0) is 24.6 Å². The Hall–Kier alpha value is -1.09. The fraction of sp³-hybridized carbons (Fsp3) is 0.400. The van der Waals surface area contributed by atoms with E-state index in [2.05, 4.69) is 5.32 Å². The second kappa shape index (κ2) is 3.00. The van der Waals surface area contributed by atoms with E-state index < -0.39 is 0 Å². The summed E-state index contributed by atoms with van der Waals surface area (Å²) in [5, 5.41) is 12.6. The van der Waals surface area contributed by atoms with Crippen molar-refractivity contribution in [3.63, 3.8) is 0 Å². The van der Waals surface area contributed by atoms with E-state index in [0.717, 1.165) is 18.7 Å². The van der Waals surface area contributed by atoms with Crippen molar-refractivity contribution in [2.75, 3.05) is 13.1 Å². The van der Waals surface area contributed by atoms with Gasteiger partial charge >= 0.3 is 0 Å². The number of halogens is 1. The lowest BCUT2D eigenvalue weighted by molar-refractivity contribution is 0.410. The minimum atomic E-state index is -0.236. The van der Waals surface area contributed by atoms with Crippen LogP contribution in [0.1, 0.15) is 17.0 Å². The Morgan fingerprint density at radius 3 is 2.69 bits per heavy atom. The van der Waals surface area contributed by atoms with E-state index >= 15 is 0 Å². The molecule has 2 rings (SSSR count). The van der Waals surface area contributed by atoms with E-state index in [1.165, 1.54) is 12.1 Å². The Kier molecular flexibility index (Phi) is 1.96. The highest BCUT2D eigenvalue weighted by Gasteiger charge is 2.22. The summed E-state index contributed by atoms with van der Waals surface area (Å²) >= 11 is 0. The van der Waals surface area contributed by atoms with Crippen molar-refractivity contribution < 1.29 is 9.50 Å². The monoisotopic (exact) mass is 181 g/mol. The standard InChI is InChI=1S/C10H12FNO/c1-6-2-10(13)8(3-9(6)11)7-4-12-5-7/h2-3,7,12-13H,4-5H2,1H3. The molecule has 1 heterocycles. The zero-order valence-electron chi connectivity index (χ0n) is 7.47. The summed E-state index contributed by atoms with van der Waals surface area (Å²) in [6.45, 7) is 3.31.